The summed E-state index contributed by atoms with van der Waals surface area (Å²) in [6.45, 7) is 0.669. The minimum atomic E-state index is -0.178. The number of carbonyl (C=O) groups excluding carboxylic acids is 1. The molecule has 0 aliphatic heterocycles. The van der Waals surface area contributed by atoms with Crippen LogP contribution >= 0.6 is 11.6 Å². The molecule has 122 valence electrons. The van der Waals surface area contributed by atoms with Crippen LogP contribution in [0.4, 0.5) is 0 Å². The molecule has 1 aromatic carbocycles. The van der Waals surface area contributed by atoms with Crippen LogP contribution in [0.1, 0.15) is 48.9 Å². The van der Waals surface area contributed by atoms with E-state index in [1.807, 2.05) is 0 Å². The Bertz CT molecular complexity index is 711. The van der Waals surface area contributed by atoms with Gasteiger partial charge in [0.05, 0.1) is 16.0 Å². The fourth-order valence-corrected chi connectivity index (χ4v) is 3.69. The van der Waals surface area contributed by atoms with Gasteiger partial charge >= 0.3 is 0 Å². The van der Waals surface area contributed by atoms with E-state index in [1.165, 1.54) is 38.3 Å². The average Bonchev–Trinajstić information content (AvgIpc) is 2.55. The molecule has 3 rings (SSSR count). The highest BCUT2D eigenvalue weighted by Gasteiger charge is 2.20. The van der Waals surface area contributed by atoms with Gasteiger partial charge in [-0.05, 0) is 24.5 Å². The van der Waals surface area contributed by atoms with Gasteiger partial charge in [-0.25, -0.2) is 0 Å². The van der Waals surface area contributed by atoms with E-state index < -0.39 is 0 Å². The maximum absolute atomic E-state index is 12.5. The second-order valence-corrected chi connectivity index (χ2v) is 6.66. The van der Waals surface area contributed by atoms with Gasteiger partial charge in [0, 0.05) is 23.4 Å². The summed E-state index contributed by atoms with van der Waals surface area (Å²) in [6.07, 6.45) is 9.06. The number of aromatic nitrogens is 1. The van der Waals surface area contributed by atoms with Crippen molar-refractivity contribution in [1.29, 1.82) is 0 Å². The van der Waals surface area contributed by atoms with Gasteiger partial charge in [-0.2, -0.15) is 0 Å². The summed E-state index contributed by atoms with van der Waals surface area (Å²) in [5.41, 5.74) is 0.991. The molecule has 1 aliphatic carbocycles. The highest BCUT2D eigenvalue weighted by Crippen LogP contribution is 2.26. The van der Waals surface area contributed by atoms with Crippen LogP contribution in [0, 0.1) is 5.92 Å². The molecule has 23 heavy (non-hydrogen) atoms. The zero-order chi connectivity index (χ0) is 16.2. The molecule has 2 aromatic rings. The van der Waals surface area contributed by atoms with Gasteiger partial charge in [-0.1, -0.05) is 43.7 Å². The van der Waals surface area contributed by atoms with Crippen LogP contribution in [0.2, 0.25) is 5.02 Å². The number of rotatable bonds is 4. The lowest BCUT2D eigenvalue weighted by atomic mass is 9.87. The molecule has 0 spiro atoms. The van der Waals surface area contributed by atoms with Crippen LogP contribution in [-0.4, -0.2) is 17.7 Å². The van der Waals surface area contributed by atoms with Crippen LogP contribution in [0.25, 0.3) is 10.9 Å². The van der Waals surface area contributed by atoms with Gasteiger partial charge in [0.25, 0.3) is 11.4 Å². The molecule has 0 atom stereocenters. The molecule has 0 saturated heterocycles. The Morgan fingerprint density at radius 1 is 1.26 bits per heavy atom. The van der Waals surface area contributed by atoms with Crippen molar-refractivity contribution in [2.75, 3.05) is 6.54 Å². The van der Waals surface area contributed by atoms with Gasteiger partial charge in [-0.15, -0.1) is 0 Å². The first-order valence-electron chi connectivity index (χ1n) is 8.27. The van der Waals surface area contributed by atoms with Crippen LogP contribution in [-0.2, 0) is 0 Å². The molecule has 0 unspecified atom stereocenters. The van der Waals surface area contributed by atoms with Crippen molar-refractivity contribution >= 4 is 28.4 Å². The first-order valence-corrected chi connectivity index (χ1v) is 8.65. The first-order chi connectivity index (χ1) is 11.2. The molecule has 5 heteroatoms. The van der Waals surface area contributed by atoms with Crippen LogP contribution in [0.5, 0.6) is 0 Å². The molecule has 1 fully saturated rings. The third-order valence-corrected chi connectivity index (χ3v) is 5.01. The summed E-state index contributed by atoms with van der Waals surface area (Å²) in [5.74, 6) is 0.550. The fourth-order valence-electron chi connectivity index (χ4n) is 3.44. The SMILES string of the molecule is O=C(NCCC1CCCCC1)c1c(Cl)ccc2c1ccc[n+]2O. The number of pyridine rings is 1. The lowest BCUT2D eigenvalue weighted by Crippen LogP contribution is -2.31. The molecule has 1 aliphatic rings. The topological polar surface area (TPSA) is 53.2 Å². The first kappa shape index (κ1) is 16.1. The maximum Gasteiger partial charge on any atom is 0.265 e. The zero-order valence-electron chi connectivity index (χ0n) is 13.1. The average molecular weight is 334 g/mol. The summed E-state index contributed by atoms with van der Waals surface area (Å²) in [4.78, 5) is 12.5. The Labute approximate surface area is 141 Å². The summed E-state index contributed by atoms with van der Waals surface area (Å²) in [7, 11) is 0. The fraction of sp³-hybridized carbons (Fsp3) is 0.444. The van der Waals surface area contributed by atoms with Gasteiger partial charge in [0.2, 0.25) is 6.20 Å². The largest absolute Gasteiger partial charge is 0.352 e. The van der Waals surface area contributed by atoms with Crippen molar-refractivity contribution in [3.63, 3.8) is 0 Å². The van der Waals surface area contributed by atoms with Crippen LogP contribution in [0.15, 0.2) is 30.5 Å². The lowest BCUT2D eigenvalue weighted by molar-refractivity contribution is -0.884. The zero-order valence-corrected chi connectivity index (χ0v) is 13.9. The van der Waals surface area contributed by atoms with Crippen LogP contribution in [0.3, 0.4) is 0 Å². The molecule has 0 bridgehead atoms. The summed E-state index contributed by atoms with van der Waals surface area (Å²) in [5, 5.41) is 13.9. The number of amides is 1. The van der Waals surface area contributed by atoms with Crippen molar-refractivity contribution in [3.8, 4) is 0 Å². The van der Waals surface area contributed by atoms with Crippen LogP contribution < -0.4 is 10.0 Å². The summed E-state index contributed by atoms with van der Waals surface area (Å²) < 4.78 is 1.00. The monoisotopic (exact) mass is 333 g/mol. The normalized spacial score (nSPS) is 15.7. The van der Waals surface area contributed by atoms with Gasteiger partial charge in [0.15, 0.2) is 0 Å². The Kier molecular flexibility index (Phi) is 5.01. The third kappa shape index (κ3) is 3.58. The highest BCUT2D eigenvalue weighted by molar-refractivity contribution is 6.35. The van der Waals surface area contributed by atoms with E-state index in [1.54, 1.807) is 24.3 Å². The minimum Gasteiger partial charge on any atom is -0.352 e. The van der Waals surface area contributed by atoms with Crippen molar-refractivity contribution in [2.45, 2.75) is 38.5 Å². The van der Waals surface area contributed by atoms with Gasteiger partial charge < -0.3 is 5.32 Å². The maximum atomic E-state index is 12.5. The molecular formula is C18H22ClN2O2+. The predicted octanol–water partition coefficient (Wildman–Crippen LogP) is 3.72. The standard InChI is InChI=1S/C18H21ClN2O2/c19-15-8-9-16-14(7-4-12-21(16)23)17(15)18(22)20-11-10-13-5-2-1-3-6-13/h4,7-9,12-13H,1-3,5-6,10-11H2,(H-,20,22,23)/p+1. The highest BCUT2D eigenvalue weighted by atomic mass is 35.5. The second kappa shape index (κ2) is 7.18. The van der Waals surface area contributed by atoms with Crippen molar-refractivity contribution in [2.24, 2.45) is 5.92 Å². The number of hydrogen-bond donors (Lipinski definition) is 2. The van der Waals surface area contributed by atoms with Gasteiger partial charge in [0.1, 0.15) is 0 Å². The third-order valence-electron chi connectivity index (χ3n) is 4.70. The predicted molar refractivity (Wildman–Crippen MR) is 89.9 cm³/mol. The molecule has 1 aromatic heterocycles. The van der Waals surface area contributed by atoms with E-state index in [2.05, 4.69) is 5.32 Å². The smallest absolute Gasteiger partial charge is 0.265 e. The van der Waals surface area contributed by atoms with Gasteiger partial charge in [-0.3, -0.25) is 10.0 Å². The number of hydrogen-bond acceptors (Lipinski definition) is 2. The number of fused-ring (bicyclic) bond motifs is 1. The number of carbonyl (C=O) groups is 1. The van der Waals surface area contributed by atoms with E-state index in [9.17, 15) is 10.0 Å². The Morgan fingerprint density at radius 2 is 2.04 bits per heavy atom. The number of halogens is 1. The summed E-state index contributed by atoms with van der Waals surface area (Å²) >= 11 is 6.23. The summed E-state index contributed by atoms with van der Waals surface area (Å²) in [6, 6.07) is 6.84. The van der Waals surface area contributed by atoms with Crippen molar-refractivity contribution < 1.29 is 14.7 Å². The second-order valence-electron chi connectivity index (χ2n) is 6.26. The lowest BCUT2D eigenvalue weighted by Gasteiger charge is -2.21. The molecule has 1 saturated carbocycles. The number of nitrogens with one attached hydrogen (secondary N) is 1. The Hall–Kier alpha value is -1.81. The molecule has 1 amide bonds. The van der Waals surface area contributed by atoms with E-state index >= 15 is 0 Å². The molecule has 4 nitrogen and oxygen atoms in total. The number of nitrogens with zero attached hydrogens (tertiary/aromatic N) is 1. The molecule has 1 heterocycles. The van der Waals surface area contributed by atoms with Crippen molar-refractivity contribution in [3.05, 3.63) is 41.0 Å². The minimum absolute atomic E-state index is 0.178. The van der Waals surface area contributed by atoms with E-state index in [4.69, 9.17) is 11.6 Å². The molecule has 2 N–H and O–H groups in total. The molecule has 0 radical (unpaired) electrons. The van der Waals surface area contributed by atoms with E-state index in [0.717, 1.165) is 17.1 Å². The van der Waals surface area contributed by atoms with Crippen molar-refractivity contribution in [1.82, 2.24) is 5.32 Å². The van der Waals surface area contributed by atoms with E-state index in [0.29, 0.717) is 28.0 Å². The van der Waals surface area contributed by atoms with E-state index in [-0.39, 0.29) is 5.91 Å². The Balaban J connectivity index is 1.73. The number of benzene rings is 1. The Morgan fingerprint density at radius 3 is 2.83 bits per heavy atom. The quantitative estimate of drug-likeness (QED) is 0.662. The molecular weight excluding hydrogens is 312 g/mol.